The molecule has 0 saturated heterocycles. The van der Waals surface area contributed by atoms with E-state index in [0.29, 0.717) is 6.61 Å². The molecule has 0 amide bonds. The van der Waals surface area contributed by atoms with Gasteiger partial charge in [0.2, 0.25) is 0 Å². The summed E-state index contributed by atoms with van der Waals surface area (Å²) in [5, 5.41) is 11.2. The van der Waals surface area contributed by atoms with Crippen molar-refractivity contribution in [1.82, 2.24) is 4.90 Å². The summed E-state index contributed by atoms with van der Waals surface area (Å²) in [6.07, 6.45) is 1.78. The number of hydrogen-bond donors (Lipinski definition) is 1. The van der Waals surface area contributed by atoms with Crippen LogP contribution < -0.4 is 4.74 Å². The van der Waals surface area contributed by atoms with E-state index in [1.54, 1.807) is 0 Å². The summed E-state index contributed by atoms with van der Waals surface area (Å²) in [6, 6.07) is 14.2. The third-order valence-corrected chi connectivity index (χ3v) is 3.51. The van der Waals surface area contributed by atoms with Crippen LogP contribution in [-0.2, 0) is 4.79 Å². The molecule has 0 radical (unpaired) electrons. The Morgan fingerprint density at radius 2 is 1.91 bits per heavy atom. The van der Waals surface area contributed by atoms with Crippen LogP contribution in [0.25, 0.3) is 10.8 Å². The highest BCUT2D eigenvalue weighted by atomic mass is 16.5. The second-order valence-electron chi connectivity index (χ2n) is 5.38. The molecule has 22 heavy (non-hydrogen) atoms. The quantitative estimate of drug-likeness (QED) is 0.721. The lowest BCUT2D eigenvalue weighted by Gasteiger charge is -2.19. The van der Waals surface area contributed by atoms with Crippen LogP contribution in [-0.4, -0.2) is 42.2 Å². The maximum absolute atomic E-state index is 10.8. The van der Waals surface area contributed by atoms with Gasteiger partial charge in [0.25, 0.3) is 0 Å². The van der Waals surface area contributed by atoms with E-state index in [-0.39, 0.29) is 6.54 Å². The van der Waals surface area contributed by atoms with Gasteiger partial charge in [0.05, 0.1) is 13.2 Å². The van der Waals surface area contributed by atoms with Gasteiger partial charge in [-0.15, -0.1) is 0 Å². The minimum Gasteiger partial charge on any atom is -0.494 e. The fourth-order valence-electron chi connectivity index (χ4n) is 2.51. The van der Waals surface area contributed by atoms with Crippen molar-refractivity contribution < 1.29 is 14.6 Å². The molecule has 0 aliphatic rings. The molecule has 1 N–H and O–H groups in total. The van der Waals surface area contributed by atoms with Crippen molar-refractivity contribution in [3.63, 3.8) is 0 Å². The van der Waals surface area contributed by atoms with Gasteiger partial charge in [-0.25, -0.2) is 0 Å². The second kappa shape index (κ2) is 8.39. The van der Waals surface area contributed by atoms with Gasteiger partial charge in [-0.2, -0.15) is 0 Å². The number of carboxylic acid groups (broad SMARTS) is 1. The molecule has 0 bridgehead atoms. The number of fused-ring (bicyclic) bond motifs is 1. The molecule has 0 saturated carbocycles. The van der Waals surface area contributed by atoms with Crippen molar-refractivity contribution >= 4 is 16.7 Å². The molecule has 0 aromatic heterocycles. The third kappa shape index (κ3) is 5.04. The van der Waals surface area contributed by atoms with Crippen molar-refractivity contribution in [1.29, 1.82) is 0 Å². The first kappa shape index (κ1) is 16.3. The van der Waals surface area contributed by atoms with Crippen LogP contribution in [0.1, 0.15) is 19.8 Å². The SMILES string of the molecule is CCCN(CCCOc1ccc2ccccc2c1)CC(=O)O. The Bertz CT molecular complexity index is 612. The zero-order valence-corrected chi connectivity index (χ0v) is 13.0. The van der Waals surface area contributed by atoms with E-state index < -0.39 is 5.97 Å². The van der Waals surface area contributed by atoms with Gasteiger partial charge in [-0.05, 0) is 42.3 Å². The molecule has 0 spiro atoms. The molecule has 4 heteroatoms. The van der Waals surface area contributed by atoms with E-state index in [1.807, 2.05) is 29.2 Å². The normalized spacial score (nSPS) is 11.0. The van der Waals surface area contributed by atoms with Gasteiger partial charge in [-0.3, -0.25) is 9.69 Å². The van der Waals surface area contributed by atoms with E-state index in [2.05, 4.69) is 25.1 Å². The largest absolute Gasteiger partial charge is 0.494 e. The van der Waals surface area contributed by atoms with Crippen molar-refractivity contribution in [3.05, 3.63) is 42.5 Å². The zero-order chi connectivity index (χ0) is 15.8. The summed E-state index contributed by atoms with van der Waals surface area (Å²) < 4.78 is 5.77. The molecular formula is C18H23NO3. The average Bonchev–Trinajstić information content (AvgIpc) is 2.51. The molecule has 2 rings (SSSR count). The average molecular weight is 301 g/mol. The number of rotatable bonds is 9. The van der Waals surface area contributed by atoms with Crippen molar-refractivity contribution in [3.8, 4) is 5.75 Å². The van der Waals surface area contributed by atoms with Crippen LogP contribution in [0.15, 0.2) is 42.5 Å². The lowest BCUT2D eigenvalue weighted by molar-refractivity contribution is -0.138. The molecule has 0 aliphatic carbocycles. The molecular weight excluding hydrogens is 278 g/mol. The molecule has 0 atom stereocenters. The number of nitrogens with zero attached hydrogens (tertiary/aromatic N) is 1. The monoisotopic (exact) mass is 301 g/mol. The van der Waals surface area contributed by atoms with Gasteiger partial charge in [-0.1, -0.05) is 37.3 Å². The van der Waals surface area contributed by atoms with Gasteiger partial charge in [0.1, 0.15) is 5.75 Å². The molecule has 2 aromatic carbocycles. The van der Waals surface area contributed by atoms with Crippen LogP contribution in [0.4, 0.5) is 0 Å². The molecule has 4 nitrogen and oxygen atoms in total. The number of aliphatic carboxylic acids is 1. The van der Waals surface area contributed by atoms with Crippen LogP contribution in [0.5, 0.6) is 5.75 Å². The Kier molecular flexibility index (Phi) is 6.22. The van der Waals surface area contributed by atoms with E-state index in [9.17, 15) is 4.79 Å². The summed E-state index contributed by atoms with van der Waals surface area (Å²) in [4.78, 5) is 12.7. The Hall–Kier alpha value is -2.07. The first-order valence-corrected chi connectivity index (χ1v) is 7.75. The first-order valence-electron chi connectivity index (χ1n) is 7.75. The third-order valence-electron chi connectivity index (χ3n) is 3.51. The highest BCUT2D eigenvalue weighted by molar-refractivity contribution is 5.83. The van der Waals surface area contributed by atoms with Gasteiger partial charge in [0.15, 0.2) is 0 Å². The van der Waals surface area contributed by atoms with Gasteiger partial charge >= 0.3 is 5.97 Å². The summed E-state index contributed by atoms with van der Waals surface area (Å²) in [5.41, 5.74) is 0. The number of hydrogen-bond acceptors (Lipinski definition) is 3. The van der Waals surface area contributed by atoms with E-state index >= 15 is 0 Å². The number of carbonyl (C=O) groups is 1. The highest BCUT2D eigenvalue weighted by Crippen LogP contribution is 2.20. The summed E-state index contributed by atoms with van der Waals surface area (Å²) in [7, 11) is 0. The van der Waals surface area contributed by atoms with Crippen LogP contribution in [0.2, 0.25) is 0 Å². The lowest BCUT2D eigenvalue weighted by Crippen LogP contribution is -2.32. The molecule has 118 valence electrons. The minimum atomic E-state index is -0.774. The smallest absolute Gasteiger partial charge is 0.317 e. The van der Waals surface area contributed by atoms with Crippen LogP contribution in [0, 0.1) is 0 Å². The number of ether oxygens (including phenoxy) is 1. The Labute approximate surface area is 131 Å². The van der Waals surface area contributed by atoms with E-state index in [1.165, 1.54) is 10.8 Å². The van der Waals surface area contributed by atoms with Gasteiger partial charge in [0, 0.05) is 6.54 Å². The molecule has 0 fully saturated rings. The summed E-state index contributed by atoms with van der Waals surface area (Å²) >= 11 is 0. The maximum Gasteiger partial charge on any atom is 0.317 e. The Balaban J connectivity index is 1.80. The predicted octanol–water partition coefficient (Wildman–Crippen LogP) is 3.41. The number of benzene rings is 2. The van der Waals surface area contributed by atoms with Crippen LogP contribution >= 0.6 is 0 Å². The fourth-order valence-corrected chi connectivity index (χ4v) is 2.51. The Morgan fingerprint density at radius 1 is 1.14 bits per heavy atom. The summed E-state index contributed by atoms with van der Waals surface area (Å²) in [5.74, 6) is 0.0860. The molecule has 0 unspecified atom stereocenters. The maximum atomic E-state index is 10.8. The molecule has 2 aromatic rings. The number of carboxylic acids is 1. The zero-order valence-electron chi connectivity index (χ0n) is 13.0. The molecule has 0 heterocycles. The standard InChI is InChI=1S/C18H23NO3/c1-2-10-19(14-18(20)21)11-5-12-22-17-9-8-15-6-3-4-7-16(15)13-17/h3-4,6-9,13H,2,5,10-12,14H2,1H3,(H,20,21). The summed E-state index contributed by atoms with van der Waals surface area (Å²) in [6.45, 7) is 4.30. The van der Waals surface area contributed by atoms with Crippen LogP contribution in [0.3, 0.4) is 0 Å². The van der Waals surface area contributed by atoms with Crippen molar-refractivity contribution in [2.45, 2.75) is 19.8 Å². The van der Waals surface area contributed by atoms with E-state index in [0.717, 1.165) is 31.7 Å². The molecule has 0 aliphatic heterocycles. The fraction of sp³-hybridized carbons (Fsp3) is 0.389. The minimum absolute atomic E-state index is 0.101. The van der Waals surface area contributed by atoms with E-state index in [4.69, 9.17) is 9.84 Å². The second-order valence-corrected chi connectivity index (χ2v) is 5.38. The van der Waals surface area contributed by atoms with Crippen molar-refractivity contribution in [2.75, 3.05) is 26.2 Å². The Morgan fingerprint density at radius 3 is 2.64 bits per heavy atom. The predicted molar refractivity (Wildman–Crippen MR) is 88.4 cm³/mol. The topological polar surface area (TPSA) is 49.8 Å². The highest BCUT2D eigenvalue weighted by Gasteiger charge is 2.08. The van der Waals surface area contributed by atoms with Crippen molar-refractivity contribution in [2.24, 2.45) is 0 Å². The lowest BCUT2D eigenvalue weighted by atomic mass is 10.1. The first-order chi connectivity index (χ1) is 10.7. The van der Waals surface area contributed by atoms with Gasteiger partial charge < -0.3 is 9.84 Å².